The van der Waals surface area contributed by atoms with Gasteiger partial charge in [-0.3, -0.25) is 4.79 Å². The predicted octanol–water partition coefficient (Wildman–Crippen LogP) is 3.85. The molecule has 0 spiro atoms. The van der Waals surface area contributed by atoms with Gasteiger partial charge in [-0.2, -0.15) is 0 Å². The Morgan fingerprint density at radius 1 is 1.15 bits per heavy atom. The number of rotatable bonds is 4. The van der Waals surface area contributed by atoms with Crippen molar-refractivity contribution in [3.05, 3.63) is 53.1 Å². The molecule has 2 aliphatic heterocycles. The summed E-state index contributed by atoms with van der Waals surface area (Å²) in [6.45, 7) is 1.82. The lowest BCUT2D eigenvalue weighted by molar-refractivity contribution is -0.134. The van der Waals surface area contributed by atoms with Crippen molar-refractivity contribution in [1.29, 1.82) is 0 Å². The molecule has 0 radical (unpaired) electrons. The van der Waals surface area contributed by atoms with E-state index >= 15 is 0 Å². The summed E-state index contributed by atoms with van der Waals surface area (Å²) in [7, 11) is 0. The average molecular weight is 374 g/mol. The minimum atomic E-state index is -0.0395. The normalized spacial score (nSPS) is 18.7. The highest BCUT2D eigenvalue weighted by Gasteiger charge is 2.31. The van der Waals surface area contributed by atoms with Crippen LogP contribution in [0, 0.1) is 0 Å². The molecule has 5 nitrogen and oxygen atoms in total. The van der Waals surface area contributed by atoms with Gasteiger partial charge >= 0.3 is 0 Å². The van der Waals surface area contributed by atoms with Crippen molar-refractivity contribution in [2.24, 2.45) is 0 Å². The van der Waals surface area contributed by atoms with E-state index in [1.807, 2.05) is 35.2 Å². The minimum Gasteiger partial charge on any atom is -0.486 e. The van der Waals surface area contributed by atoms with E-state index in [4.69, 9.17) is 25.8 Å². The number of para-hydroxylation sites is 1. The Balaban J connectivity index is 1.46. The molecule has 1 fully saturated rings. The second-order valence-electron chi connectivity index (χ2n) is 6.37. The van der Waals surface area contributed by atoms with Crippen LogP contribution in [-0.2, 0) is 4.79 Å². The van der Waals surface area contributed by atoms with E-state index in [9.17, 15) is 4.79 Å². The van der Waals surface area contributed by atoms with E-state index in [1.54, 1.807) is 12.1 Å². The molecule has 0 saturated carbocycles. The number of amides is 1. The number of halogens is 1. The molecule has 26 heavy (non-hydrogen) atoms. The Kier molecular flexibility index (Phi) is 4.89. The number of carbonyl (C=O) groups excluding carboxylic acids is 1. The van der Waals surface area contributed by atoms with Crippen molar-refractivity contribution in [2.45, 2.75) is 18.9 Å². The largest absolute Gasteiger partial charge is 0.486 e. The second kappa shape index (κ2) is 7.46. The standard InChI is InChI=1S/C20H20ClNO4/c21-15-4-1-2-6-17(15)26-13-20(23)22-9-3-5-16(22)14-7-8-18-19(12-14)25-11-10-24-18/h1-2,4,6-8,12,16H,3,5,9-11,13H2. The average Bonchev–Trinajstić information content (AvgIpc) is 3.17. The van der Waals surface area contributed by atoms with Crippen molar-refractivity contribution in [3.63, 3.8) is 0 Å². The minimum absolute atomic E-state index is 0.0230. The Hall–Kier alpha value is -2.40. The lowest BCUT2D eigenvalue weighted by atomic mass is 10.0. The summed E-state index contributed by atoms with van der Waals surface area (Å²) in [6.07, 6.45) is 1.90. The third kappa shape index (κ3) is 3.44. The molecule has 2 aromatic rings. The van der Waals surface area contributed by atoms with Crippen LogP contribution in [0.2, 0.25) is 5.02 Å². The predicted molar refractivity (Wildman–Crippen MR) is 98.1 cm³/mol. The molecule has 0 aromatic heterocycles. The highest BCUT2D eigenvalue weighted by molar-refractivity contribution is 6.32. The summed E-state index contributed by atoms with van der Waals surface area (Å²) >= 11 is 6.08. The third-order valence-corrected chi connectivity index (χ3v) is 5.02. The van der Waals surface area contributed by atoms with Gasteiger partial charge in [0.2, 0.25) is 0 Å². The summed E-state index contributed by atoms with van der Waals surface area (Å²) in [5, 5.41) is 0.505. The first kappa shape index (κ1) is 17.0. The highest BCUT2D eigenvalue weighted by Crippen LogP contribution is 2.38. The molecular formula is C20H20ClNO4. The second-order valence-corrected chi connectivity index (χ2v) is 6.77. The van der Waals surface area contributed by atoms with Crippen molar-refractivity contribution >= 4 is 17.5 Å². The van der Waals surface area contributed by atoms with Crippen LogP contribution in [0.25, 0.3) is 0 Å². The first-order chi connectivity index (χ1) is 12.7. The number of ether oxygens (including phenoxy) is 3. The number of likely N-dealkylation sites (tertiary alicyclic amines) is 1. The topological polar surface area (TPSA) is 48.0 Å². The number of fused-ring (bicyclic) bond motifs is 1. The smallest absolute Gasteiger partial charge is 0.261 e. The molecule has 0 bridgehead atoms. The molecule has 1 amide bonds. The molecule has 2 heterocycles. The molecule has 2 aromatic carbocycles. The first-order valence-corrected chi connectivity index (χ1v) is 9.16. The van der Waals surface area contributed by atoms with E-state index in [1.165, 1.54) is 0 Å². The van der Waals surface area contributed by atoms with Gasteiger partial charge in [0.15, 0.2) is 18.1 Å². The molecule has 0 N–H and O–H groups in total. The zero-order chi connectivity index (χ0) is 17.9. The van der Waals surface area contributed by atoms with E-state index in [2.05, 4.69) is 0 Å². The maximum absolute atomic E-state index is 12.7. The third-order valence-electron chi connectivity index (χ3n) is 4.71. The van der Waals surface area contributed by atoms with Gasteiger partial charge < -0.3 is 19.1 Å². The lowest BCUT2D eigenvalue weighted by Crippen LogP contribution is -2.34. The van der Waals surface area contributed by atoms with Crippen molar-refractivity contribution < 1.29 is 19.0 Å². The zero-order valence-corrected chi connectivity index (χ0v) is 15.1. The summed E-state index contributed by atoms with van der Waals surface area (Å²) in [6, 6.07) is 13.1. The van der Waals surface area contributed by atoms with E-state index in [-0.39, 0.29) is 18.6 Å². The number of hydrogen-bond donors (Lipinski definition) is 0. The molecule has 0 aliphatic carbocycles. The molecule has 136 valence electrons. The first-order valence-electron chi connectivity index (χ1n) is 8.79. The van der Waals surface area contributed by atoms with Crippen LogP contribution >= 0.6 is 11.6 Å². The number of nitrogens with zero attached hydrogens (tertiary/aromatic N) is 1. The van der Waals surface area contributed by atoms with Gasteiger partial charge in [0.05, 0.1) is 11.1 Å². The van der Waals surface area contributed by atoms with Crippen LogP contribution < -0.4 is 14.2 Å². The monoisotopic (exact) mass is 373 g/mol. The fraction of sp³-hybridized carbons (Fsp3) is 0.350. The summed E-state index contributed by atoms with van der Waals surface area (Å²) < 4.78 is 16.9. The number of benzene rings is 2. The maximum atomic E-state index is 12.7. The molecule has 1 saturated heterocycles. The van der Waals surface area contributed by atoms with Gasteiger partial charge in [0.25, 0.3) is 5.91 Å². The molecule has 1 unspecified atom stereocenters. The van der Waals surface area contributed by atoms with Gasteiger partial charge in [-0.25, -0.2) is 0 Å². The SMILES string of the molecule is O=C(COc1ccccc1Cl)N1CCCC1c1ccc2c(c1)OCCO2. The van der Waals surface area contributed by atoms with Crippen molar-refractivity contribution in [3.8, 4) is 17.2 Å². The number of carbonyl (C=O) groups is 1. The van der Waals surface area contributed by atoms with Crippen LogP contribution in [0.1, 0.15) is 24.4 Å². The molecule has 4 rings (SSSR count). The maximum Gasteiger partial charge on any atom is 0.261 e. The molecular weight excluding hydrogens is 354 g/mol. The molecule has 1 atom stereocenters. The van der Waals surface area contributed by atoms with Gasteiger partial charge in [-0.15, -0.1) is 0 Å². The van der Waals surface area contributed by atoms with Crippen LogP contribution in [0.4, 0.5) is 0 Å². The molecule has 2 aliphatic rings. The summed E-state index contributed by atoms with van der Waals surface area (Å²) in [5.74, 6) is 2.00. The van der Waals surface area contributed by atoms with Crippen LogP contribution in [0.5, 0.6) is 17.2 Å². The fourth-order valence-electron chi connectivity index (χ4n) is 3.46. The molecule has 6 heteroatoms. The Morgan fingerprint density at radius 3 is 2.81 bits per heavy atom. The van der Waals surface area contributed by atoms with Crippen molar-refractivity contribution in [2.75, 3.05) is 26.4 Å². The Bertz CT molecular complexity index is 810. The fourth-order valence-corrected chi connectivity index (χ4v) is 3.65. The van der Waals surface area contributed by atoms with Gasteiger partial charge in [-0.1, -0.05) is 29.8 Å². The number of hydrogen-bond acceptors (Lipinski definition) is 4. The van der Waals surface area contributed by atoms with Crippen molar-refractivity contribution in [1.82, 2.24) is 4.90 Å². The Morgan fingerprint density at radius 2 is 1.96 bits per heavy atom. The van der Waals surface area contributed by atoms with Crippen LogP contribution in [0.3, 0.4) is 0 Å². The summed E-state index contributed by atoms with van der Waals surface area (Å²) in [5.41, 5.74) is 1.07. The van der Waals surface area contributed by atoms with Gasteiger partial charge in [-0.05, 0) is 42.7 Å². The highest BCUT2D eigenvalue weighted by atomic mass is 35.5. The van der Waals surface area contributed by atoms with E-state index in [0.717, 1.165) is 36.4 Å². The van der Waals surface area contributed by atoms with Gasteiger partial charge in [0.1, 0.15) is 19.0 Å². The Labute approximate surface area is 157 Å². The lowest BCUT2D eigenvalue weighted by Gasteiger charge is -2.26. The van der Waals surface area contributed by atoms with Crippen LogP contribution in [-0.4, -0.2) is 37.2 Å². The quantitative estimate of drug-likeness (QED) is 0.816. The van der Waals surface area contributed by atoms with Gasteiger partial charge in [0, 0.05) is 6.54 Å². The van der Waals surface area contributed by atoms with Crippen LogP contribution in [0.15, 0.2) is 42.5 Å². The van der Waals surface area contributed by atoms with E-state index in [0.29, 0.717) is 24.0 Å². The summed E-state index contributed by atoms with van der Waals surface area (Å²) in [4.78, 5) is 14.6. The zero-order valence-electron chi connectivity index (χ0n) is 14.3. The van der Waals surface area contributed by atoms with E-state index < -0.39 is 0 Å².